The first-order valence-electron chi connectivity index (χ1n) is 9.40. The van der Waals surface area contributed by atoms with E-state index in [1.165, 1.54) is 17.4 Å². The predicted molar refractivity (Wildman–Crippen MR) is 135 cm³/mol. The molecular weight excluding hydrogens is 497 g/mol. The molecule has 158 valence electrons. The monoisotopic (exact) mass is 515 g/mol. The molecule has 0 saturated carbocycles. The standard InChI is InChI=1S/C24H19ClFN3S.BrH/c1-15-14-19(10-13-21(15)26)16(2)28-29-24-27-22(17-8-11-20(25)12-9-17)23(30-24)18-6-4-3-5-7-18;/h3-14H,1-2H3,(H,27,29);1H. The average Bonchev–Trinajstić information content (AvgIpc) is 3.19. The number of nitrogens with zero attached hydrogens (tertiary/aromatic N) is 2. The van der Waals surface area contributed by atoms with Crippen LogP contribution in [-0.4, -0.2) is 10.7 Å². The Hall–Kier alpha value is -2.54. The minimum atomic E-state index is -0.223. The first-order valence-corrected chi connectivity index (χ1v) is 10.6. The molecule has 4 aromatic rings. The number of aryl methyl sites for hydroxylation is 1. The molecule has 0 radical (unpaired) electrons. The van der Waals surface area contributed by atoms with Crippen LogP contribution in [0.3, 0.4) is 0 Å². The van der Waals surface area contributed by atoms with Crippen molar-refractivity contribution in [2.24, 2.45) is 5.10 Å². The summed E-state index contributed by atoms with van der Waals surface area (Å²) in [6.07, 6.45) is 0. The summed E-state index contributed by atoms with van der Waals surface area (Å²) in [5.41, 5.74) is 8.21. The van der Waals surface area contributed by atoms with Crippen LogP contribution in [0.4, 0.5) is 9.52 Å². The highest BCUT2D eigenvalue weighted by molar-refractivity contribution is 8.93. The lowest BCUT2D eigenvalue weighted by atomic mass is 10.1. The second-order valence-corrected chi connectivity index (χ2v) is 8.28. The Balaban J connectivity index is 0.00000272. The summed E-state index contributed by atoms with van der Waals surface area (Å²) >= 11 is 7.59. The van der Waals surface area contributed by atoms with E-state index in [4.69, 9.17) is 16.6 Å². The maximum Gasteiger partial charge on any atom is 0.204 e. The van der Waals surface area contributed by atoms with Gasteiger partial charge in [-0.05, 0) is 54.8 Å². The molecule has 0 aliphatic rings. The van der Waals surface area contributed by atoms with E-state index in [1.807, 2.05) is 49.4 Å². The van der Waals surface area contributed by atoms with Crippen LogP contribution in [0.5, 0.6) is 0 Å². The molecular formula is C24H20BrClFN3S. The number of hydrogen-bond acceptors (Lipinski definition) is 4. The molecule has 0 unspecified atom stereocenters. The van der Waals surface area contributed by atoms with Gasteiger partial charge in [-0.2, -0.15) is 5.10 Å². The van der Waals surface area contributed by atoms with Crippen LogP contribution in [0.1, 0.15) is 18.1 Å². The molecule has 0 spiro atoms. The summed E-state index contributed by atoms with van der Waals surface area (Å²) in [4.78, 5) is 5.83. The third-order valence-electron chi connectivity index (χ3n) is 4.68. The Morgan fingerprint density at radius 1 is 1.00 bits per heavy atom. The summed E-state index contributed by atoms with van der Waals surface area (Å²) in [6.45, 7) is 3.62. The highest BCUT2D eigenvalue weighted by Crippen LogP contribution is 2.39. The molecule has 1 heterocycles. The van der Waals surface area contributed by atoms with Crippen LogP contribution in [0.2, 0.25) is 5.02 Å². The van der Waals surface area contributed by atoms with Gasteiger partial charge in [-0.25, -0.2) is 9.37 Å². The van der Waals surface area contributed by atoms with Gasteiger partial charge in [0.25, 0.3) is 0 Å². The first kappa shape index (κ1) is 23.1. The van der Waals surface area contributed by atoms with Crippen LogP contribution >= 0.6 is 39.9 Å². The molecule has 0 bridgehead atoms. The summed E-state index contributed by atoms with van der Waals surface area (Å²) < 4.78 is 13.5. The third-order valence-corrected chi connectivity index (χ3v) is 5.94. The quantitative estimate of drug-likeness (QED) is 0.215. The number of aromatic nitrogens is 1. The number of anilines is 1. The van der Waals surface area contributed by atoms with Crippen LogP contribution < -0.4 is 5.43 Å². The number of halogens is 3. The minimum Gasteiger partial charge on any atom is -0.252 e. The van der Waals surface area contributed by atoms with Crippen molar-refractivity contribution in [1.82, 2.24) is 4.98 Å². The molecule has 3 aromatic carbocycles. The number of thiazole rings is 1. The van der Waals surface area contributed by atoms with Crippen LogP contribution in [0, 0.1) is 12.7 Å². The fourth-order valence-electron chi connectivity index (χ4n) is 3.02. The average molecular weight is 517 g/mol. The highest BCUT2D eigenvalue weighted by Gasteiger charge is 2.15. The molecule has 4 rings (SSSR count). The molecule has 1 aromatic heterocycles. The van der Waals surface area contributed by atoms with E-state index >= 15 is 0 Å². The minimum absolute atomic E-state index is 0. The second-order valence-electron chi connectivity index (χ2n) is 6.84. The van der Waals surface area contributed by atoms with Crippen molar-refractivity contribution in [3.8, 4) is 21.7 Å². The molecule has 31 heavy (non-hydrogen) atoms. The Kier molecular flexibility index (Phi) is 7.59. The molecule has 0 saturated heterocycles. The molecule has 0 fully saturated rings. The van der Waals surface area contributed by atoms with E-state index in [1.54, 1.807) is 19.1 Å². The summed E-state index contributed by atoms with van der Waals surface area (Å²) in [5.74, 6) is -0.223. The van der Waals surface area contributed by atoms with Crippen molar-refractivity contribution in [1.29, 1.82) is 0 Å². The number of hydrazone groups is 1. The highest BCUT2D eigenvalue weighted by atomic mass is 79.9. The fourth-order valence-corrected chi connectivity index (χ4v) is 4.08. The predicted octanol–water partition coefficient (Wildman–Crippen LogP) is 7.99. The lowest BCUT2D eigenvalue weighted by Gasteiger charge is -2.03. The van der Waals surface area contributed by atoms with Crippen molar-refractivity contribution in [2.75, 3.05) is 5.43 Å². The third kappa shape index (κ3) is 5.39. The molecule has 1 N–H and O–H groups in total. The Morgan fingerprint density at radius 3 is 2.39 bits per heavy atom. The Labute approximate surface area is 200 Å². The lowest BCUT2D eigenvalue weighted by molar-refractivity contribution is 0.618. The van der Waals surface area contributed by atoms with Crippen LogP contribution in [-0.2, 0) is 0 Å². The second kappa shape index (κ2) is 10.2. The van der Waals surface area contributed by atoms with Gasteiger partial charge in [0.05, 0.1) is 16.3 Å². The fraction of sp³-hybridized carbons (Fsp3) is 0.0833. The van der Waals surface area contributed by atoms with Gasteiger partial charge >= 0.3 is 0 Å². The van der Waals surface area contributed by atoms with Crippen molar-refractivity contribution < 1.29 is 4.39 Å². The zero-order valence-corrected chi connectivity index (χ0v) is 20.2. The van der Waals surface area contributed by atoms with Crippen molar-refractivity contribution >= 4 is 50.8 Å². The largest absolute Gasteiger partial charge is 0.252 e. The van der Waals surface area contributed by atoms with E-state index in [0.717, 1.165) is 33.0 Å². The zero-order valence-electron chi connectivity index (χ0n) is 16.9. The SMILES string of the molecule is Br.CC(=NNc1nc(-c2ccc(Cl)cc2)c(-c2ccccc2)s1)c1ccc(F)c(C)c1. The number of rotatable bonds is 5. The van der Waals surface area contributed by atoms with Gasteiger partial charge in [0.1, 0.15) is 5.82 Å². The van der Waals surface area contributed by atoms with Gasteiger partial charge in [-0.1, -0.05) is 71.5 Å². The van der Waals surface area contributed by atoms with Crippen molar-refractivity contribution in [2.45, 2.75) is 13.8 Å². The van der Waals surface area contributed by atoms with Gasteiger partial charge in [-0.15, -0.1) is 17.0 Å². The molecule has 3 nitrogen and oxygen atoms in total. The number of nitrogens with one attached hydrogen (secondary N) is 1. The Morgan fingerprint density at radius 2 is 1.71 bits per heavy atom. The molecule has 0 atom stereocenters. The molecule has 7 heteroatoms. The normalized spacial score (nSPS) is 11.2. The summed E-state index contributed by atoms with van der Waals surface area (Å²) in [5, 5.41) is 5.82. The van der Waals surface area contributed by atoms with Crippen molar-refractivity contribution in [3.63, 3.8) is 0 Å². The first-order chi connectivity index (χ1) is 14.5. The van der Waals surface area contributed by atoms with Crippen LogP contribution in [0.25, 0.3) is 21.7 Å². The topological polar surface area (TPSA) is 37.3 Å². The Bertz CT molecular complexity index is 1210. The summed E-state index contributed by atoms with van der Waals surface area (Å²) in [6, 6.07) is 22.7. The van der Waals surface area contributed by atoms with Crippen LogP contribution in [0.15, 0.2) is 77.9 Å². The van der Waals surface area contributed by atoms with Gasteiger partial charge < -0.3 is 0 Å². The summed E-state index contributed by atoms with van der Waals surface area (Å²) in [7, 11) is 0. The maximum atomic E-state index is 13.5. The van der Waals surface area contributed by atoms with Gasteiger partial charge in [-0.3, -0.25) is 5.43 Å². The van der Waals surface area contributed by atoms with E-state index in [-0.39, 0.29) is 22.8 Å². The van der Waals surface area contributed by atoms with Gasteiger partial charge in [0.2, 0.25) is 5.13 Å². The zero-order chi connectivity index (χ0) is 21.1. The van der Waals surface area contributed by atoms with E-state index in [0.29, 0.717) is 15.7 Å². The van der Waals surface area contributed by atoms with E-state index in [9.17, 15) is 4.39 Å². The molecule has 0 aliphatic heterocycles. The van der Waals surface area contributed by atoms with E-state index in [2.05, 4.69) is 22.7 Å². The lowest BCUT2D eigenvalue weighted by Crippen LogP contribution is -2.00. The number of hydrogen-bond donors (Lipinski definition) is 1. The smallest absolute Gasteiger partial charge is 0.204 e. The molecule has 0 aliphatic carbocycles. The van der Waals surface area contributed by atoms with E-state index < -0.39 is 0 Å². The number of benzene rings is 3. The van der Waals surface area contributed by atoms with Gasteiger partial charge in [0, 0.05) is 10.6 Å². The van der Waals surface area contributed by atoms with Crippen molar-refractivity contribution in [3.05, 3.63) is 94.8 Å². The molecule has 0 amide bonds. The van der Waals surface area contributed by atoms with Gasteiger partial charge in [0.15, 0.2) is 0 Å². The maximum absolute atomic E-state index is 13.5.